The monoisotopic (exact) mass is 539 g/mol. The number of rotatable bonds is 4. The standard InChI is InChI=1S/C10H7F3N4O2S.C8H4F3NO4/c1-16-8(14-15-9(16)20)6-3-2-5(17(18)19)4-7(6)10(11,12)13;9-8(10,11)6-3-4(12(15)16)1-2-5(6)7(13)14/h2-4H,1H3,(H,15,20);1-3H,(H,13,14). The van der Waals surface area contributed by atoms with Crippen LogP contribution in [0.5, 0.6) is 0 Å². The summed E-state index contributed by atoms with van der Waals surface area (Å²) in [6, 6.07) is 3.94. The van der Waals surface area contributed by atoms with E-state index in [1.807, 2.05) is 0 Å². The number of H-pyrrole nitrogens is 1. The van der Waals surface area contributed by atoms with E-state index in [9.17, 15) is 51.4 Å². The van der Waals surface area contributed by atoms with Crippen LogP contribution in [-0.4, -0.2) is 35.7 Å². The molecule has 0 atom stereocenters. The molecule has 0 amide bonds. The van der Waals surface area contributed by atoms with Gasteiger partial charge in [-0.15, -0.1) is 0 Å². The van der Waals surface area contributed by atoms with Crippen LogP contribution in [0, 0.1) is 25.0 Å². The first-order valence-corrected chi connectivity index (χ1v) is 9.42. The molecule has 3 rings (SSSR count). The van der Waals surface area contributed by atoms with E-state index in [1.165, 1.54) is 11.6 Å². The van der Waals surface area contributed by atoms with Crippen LogP contribution in [-0.2, 0) is 19.4 Å². The number of aromatic amines is 1. The van der Waals surface area contributed by atoms with Gasteiger partial charge in [0, 0.05) is 36.9 Å². The van der Waals surface area contributed by atoms with Crippen LogP contribution >= 0.6 is 12.2 Å². The number of benzene rings is 2. The second-order valence-corrected chi connectivity index (χ2v) is 7.07. The van der Waals surface area contributed by atoms with Crippen LogP contribution in [0.2, 0.25) is 0 Å². The average molecular weight is 539 g/mol. The highest BCUT2D eigenvalue weighted by atomic mass is 32.1. The molecule has 3 aromatic rings. The van der Waals surface area contributed by atoms with Gasteiger partial charge in [0.05, 0.1) is 26.5 Å². The van der Waals surface area contributed by atoms with Crippen molar-refractivity contribution in [2.45, 2.75) is 12.4 Å². The number of halogens is 6. The Morgan fingerprint density at radius 1 is 0.972 bits per heavy atom. The lowest BCUT2D eigenvalue weighted by Crippen LogP contribution is -2.13. The molecule has 1 heterocycles. The van der Waals surface area contributed by atoms with E-state index in [1.54, 1.807) is 0 Å². The molecule has 2 N–H and O–H groups in total. The van der Waals surface area contributed by atoms with Crippen LogP contribution in [0.3, 0.4) is 0 Å². The number of alkyl halides is 6. The summed E-state index contributed by atoms with van der Waals surface area (Å²) in [6.07, 6.45) is -9.69. The van der Waals surface area contributed by atoms with Crippen molar-refractivity contribution in [1.82, 2.24) is 14.8 Å². The van der Waals surface area contributed by atoms with E-state index in [0.29, 0.717) is 18.2 Å². The number of nitrogens with one attached hydrogen (secondary N) is 1. The number of carboxylic acid groups (broad SMARTS) is 1. The summed E-state index contributed by atoms with van der Waals surface area (Å²) in [6.45, 7) is 0. The molecule has 18 heteroatoms. The molecule has 0 aliphatic rings. The van der Waals surface area contributed by atoms with E-state index in [2.05, 4.69) is 10.2 Å². The Morgan fingerprint density at radius 2 is 1.44 bits per heavy atom. The van der Waals surface area contributed by atoms with Crippen molar-refractivity contribution >= 4 is 29.6 Å². The summed E-state index contributed by atoms with van der Waals surface area (Å²) in [5.74, 6) is -1.83. The van der Waals surface area contributed by atoms with Gasteiger partial charge in [-0.25, -0.2) is 4.79 Å². The van der Waals surface area contributed by atoms with Crippen molar-refractivity contribution in [1.29, 1.82) is 0 Å². The molecule has 11 nitrogen and oxygen atoms in total. The van der Waals surface area contributed by atoms with Crippen molar-refractivity contribution in [3.05, 3.63) is 78.1 Å². The summed E-state index contributed by atoms with van der Waals surface area (Å²) in [5, 5.41) is 35.4. The molecular formula is C18H11F6N5O6S. The first-order chi connectivity index (χ1) is 16.4. The molecular weight excluding hydrogens is 528 g/mol. The van der Waals surface area contributed by atoms with Gasteiger partial charge in [0.1, 0.15) is 0 Å². The molecule has 2 aromatic carbocycles. The Labute approximate surface area is 199 Å². The van der Waals surface area contributed by atoms with E-state index in [4.69, 9.17) is 17.3 Å². The fourth-order valence-electron chi connectivity index (χ4n) is 2.73. The molecule has 0 saturated carbocycles. The number of aromatic carboxylic acids is 1. The van der Waals surface area contributed by atoms with Crippen molar-refractivity contribution in [3.8, 4) is 11.4 Å². The highest BCUT2D eigenvalue weighted by Gasteiger charge is 2.37. The number of nitro benzene ring substituents is 2. The quantitative estimate of drug-likeness (QED) is 0.194. The van der Waals surface area contributed by atoms with Gasteiger partial charge in [0.15, 0.2) is 10.6 Å². The fraction of sp³-hybridized carbons (Fsp3) is 0.167. The molecule has 0 unspecified atom stereocenters. The van der Waals surface area contributed by atoms with Gasteiger partial charge in [-0.3, -0.25) is 25.3 Å². The third-order valence-corrected chi connectivity index (χ3v) is 4.75. The van der Waals surface area contributed by atoms with E-state index in [-0.39, 0.29) is 22.2 Å². The molecule has 0 aliphatic heterocycles. The Kier molecular flexibility index (Phi) is 7.83. The molecule has 0 radical (unpaired) electrons. The average Bonchev–Trinajstić information content (AvgIpc) is 3.10. The highest BCUT2D eigenvalue weighted by molar-refractivity contribution is 7.71. The van der Waals surface area contributed by atoms with Gasteiger partial charge in [-0.2, -0.15) is 31.4 Å². The first kappa shape index (κ1) is 27.9. The number of hydrogen-bond donors (Lipinski definition) is 2. The first-order valence-electron chi connectivity index (χ1n) is 9.01. The zero-order valence-corrected chi connectivity index (χ0v) is 18.2. The molecule has 0 fully saturated rings. The van der Waals surface area contributed by atoms with Gasteiger partial charge in [0.25, 0.3) is 11.4 Å². The third-order valence-electron chi connectivity index (χ3n) is 4.39. The lowest BCUT2D eigenvalue weighted by molar-refractivity contribution is -0.385. The van der Waals surface area contributed by atoms with Crippen molar-refractivity contribution < 1.29 is 46.1 Å². The van der Waals surface area contributed by atoms with E-state index < -0.39 is 56.2 Å². The SMILES string of the molecule is Cn1c(-c2ccc([N+](=O)[O-])cc2C(F)(F)F)n[nH]c1=S.O=C(O)c1ccc([N+](=O)[O-])cc1C(F)(F)F. The van der Waals surface area contributed by atoms with Gasteiger partial charge in [0.2, 0.25) is 0 Å². The minimum absolute atomic E-state index is 0.0442. The molecule has 0 bridgehead atoms. The molecule has 0 spiro atoms. The van der Waals surface area contributed by atoms with E-state index >= 15 is 0 Å². The van der Waals surface area contributed by atoms with E-state index in [0.717, 1.165) is 12.1 Å². The highest BCUT2D eigenvalue weighted by Crippen LogP contribution is 2.38. The van der Waals surface area contributed by atoms with Crippen molar-refractivity contribution in [3.63, 3.8) is 0 Å². The minimum Gasteiger partial charge on any atom is -0.478 e. The number of carboxylic acids is 1. The maximum absolute atomic E-state index is 13.0. The fourth-order valence-corrected chi connectivity index (χ4v) is 2.86. The third kappa shape index (κ3) is 6.20. The number of hydrogen-bond acceptors (Lipinski definition) is 7. The van der Waals surface area contributed by atoms with Crippen LogP contribution < -0.4 is 0 Å². The van der Waals surface area contributed by atoms with Crippen molar-refractivity contribution in [2.75, 3.05) is 0 Å². The number of aromatic nitrogens is 3. The topological polar surface area (TPSA) is 157 Å². The van der Waals surface area contributed by atoms with Crippen molar-refractivity contribution in [2.24, 2.45) is 7.05 Å². The number of carbonyl (C=O) groups is 1. The van der Waals surface area contributed by atoms with Crippen LogP contribution in [0.4, 0.5) is 37.7 Å². The smallest absolute Gasteiger partial charge is 0.417 e. The molecule has 0 aliphatic carbocycles. The van der Waals surface area contributed by atoms with Gasteiger partial charge in [-0.1, -0.05) is 0 Å². The lowest BCUT2D eigenvalue weighted by atomic mass is 10.1. The summed E-state index contributed by atoms with van der Waals surface area (Å²) in [7, 11) is 1.45. The summed E-state index contributed by atoms with van der Waals surface area (Å²) in [5.41, 5.74) is -5.41. The second-order valence-electron chi connectivity index (χ2n) is 6.69. The number of non-ortho nitro benzene ring substituents is 2. The second kappa shape index (κ2) is 10.1. The normalized spacial score (nSPS) is 11.4. The van der Waals surface area contributed by atoms with Crippen LogP contribution in [0.1, 0.15) is 21.5 Å². The maximum atomic E-state index is 13.0. The Hall–Kier alpha value is -4.35. The summed E-state index contributed by atoms with van der Waals surface area (Å²) < 4.78 is 77.6. The van der Waals surface area contributed by atoms with Gasteiger partial charge >= 0.3 is 18.3 Å². The molecule has 192 valence electrons. The summed E-state index contributed by atoms with van der Waals surface area (Å²) in [4.78, 5) is 29.4. The zero-order chi connectivity index (χ0) is 27.6. The minimum atomic E-state index is -4.94. The molecule has 0 saturated heterocycles. The predicted octanol–water partition coefficient (Wildman–Crippen LogP) is 5.38. The lowest BCUT2D eigenvalue weighted by Gasteiger charge is -2.11. The zero-order valence-electron chi connectivity index (χ0n) is 17.4. The van der Waals surface area contributed by atoms with Crippen LogP contribution in [0.15, 0.2) is 36.4 Å². The maximum Gasteiger partial charge on any atom is 0.417 e. The largest absolute Gasteiger partial charge is 0.478 e. The Balaban J connectivity index is 0.000000261. The number of nitrogens with zero attached hydrogens (tertiary/aromatic N) is 4. The molecule has 1 aromatic heterocycles. The molecule has 36 heavy (non-hydrogen) atoms. The van der Waals surface area contributed by atoms with Gasteiger partial charge < -0.3 is 9.67 Å². The Bertz CT molecular complexity index is 1400. The number of nitro groups is 2. The van der Waals surface area contributed by atoms with Gasteiger partial charge in [-0.05, 0) is 24.4 Å². The van der Waals surface area contributed by atoms with Crippen LogP contribution in [0.25, 0.3) is 11.4 Å². The Morgan fingerprint density at radius 3 is 1.83 bits per heavy atom. The summed E-state index contributed by atoms with van der Waals surface area (Å²) >= 11 is 4.83. The predicted molar refractivity (Wildman–Crippen MR) is 111 cm³/mol.